The molecule has 2 nitrogen and oxygen atoms in total. The third-order valence-corrected chi connectivity index (χ3v) is 15.4. The molecule has 9 rings (SSSR count). The molecule has 45 heavy (non-hydrogen) atoms. The van der Waals surface area contributed by atoms with Crippen molar-refractivity contribution in [2.75, 3.05) is 0 Å². The van der Waals surface area contributed by atoms with Crippen molar-refractivity contribution < 1.29 is 0 Å². The number of fused-ring (bicyclic) bond motifs is 6. The molecule has 0 saturated heterocycles. The SMILES string of the molecule is c1ccc([Si](c2ccccc2)(c2ccnc(-n3c4ccccc4c4ccccc43)c2)c2cccc3c2sc2ccccc23)cc1. The summed E-state index contributed by atoms with van der Waals surface area (Å²) in [6.07, 6.45) is 2.02. The predicted molar refractivity (Wildman–Crippen MR) is 195 cm³/mol. The van der Waals surface area contributed by atoms with E-state index in [0.29, 0.717) is 0 Å². The highest BCUT2D eigenvalue weighted by Crippen LogP contribution is 2.34. The van der Waals surface area contributed by atoms with E-state index in [1.54, 1.807) is 0 Å². The molecule has 3 aromatic heterocycles. The minimum atomic E-state index is -2.85. The molecule has 0 N–H and O–H groups in total. The highest BCUT2D eigenvalue weighted by atomic mass is 32.1. The third kappa shape index (κ3) is 3.90. The molecule has 0 aliphatic carbocycles. The van der Waals surface area contributed by atoms with Crippen LogP contribution < -0.4 is 20.7 Å². The minimum absolute atomic E-state index is 0.942. The maximum Gasteiger partial charge on any atom is 0.181 e. The van der Waals surface area contributed by atoms with Crippen molar-refractivity contribution in [1.29, 1.82) is 0 Å². The van der Waals surface area contributed by atoms with Crippen LogP contribution in [-0.2, 0) is 0 Å². The zero-order chi connectivity index (χ0) is 29.8. The lowest BCUT2D eigenvalue weighted by Crippen LogP contribution is -2.74. The Morgan fingerprint density at radius 2 is 1.02 bits per heavy atom. The number of aromatic nitrogens is 2. The van der Waals surface area contributed by atoms with Gasteiger partial charge in [-0.15, -0.1) is 11.3 Å². The standard InChI is InChI=1S/C41H28N2SSi/c1-3-14-29(15-4-1)45(30-16-5-2-6-17-30,39-25-13-21-35-34-20-9-12-24-38(34)44-41(35)39)31-26-27-42-40(28-31)43-36-22-10-7-18-32(36)33-19-8-11-23-37(33)43/h1-28H. The van der Waals surface area contributed by atoms with E-state index in [0.717, 1.165) is 5.82 Å². The number of para-hydroxylation sites is 2. The Kier molecular flexibility index (Phi) is 6.05. The van der Waals surface area contributed by atoms with Gasteiger partial charge in [0.15, 0.2) is 8.07 Å². The molecule has 0 fully saturated rings. The van der Waals surface area contributed by atoms with Gasteiger partial charge in [-0.1, -0.05) is 133 Å². The Bertz CT molecular complexity index is 2400. The highest BCUT2D eigenvalue weighted by molar-refractivity contribution is 7.30. The van der Waals surface area contributed by atoms with Gasteiger partial charge in [0.2, 0.25) is 0 Å². The average molecular weight is 609 g/mol. The molecule has 0 saturated carbocycles. The van der Waals surface area contributed by atoms with Crippen molar-refractivity contribution in [3.05, 3.63) is 170 Å². The number of pyridine rings is 1. The van der Waals surface area contributed by atoms with E-state index in [1.807, 2.05) is 17.5 Å². The number of benzene rings is 6. The van der Waals surface area contributed by atoms with Gasteiger partial charge in [0, 0.05) is 37.1 Å². The van der Waals surface area contributed by atoms with Crippen LogP contribution in [0.5, 0.6) is 0 Å². The van der Waals surface area contributed by atoms with Gasteiger partial charge in [-0.3, -0.25) is 4.57 Å². The summed E-state index contributed by atoms with van der Waals surface area (Å²) in [4.78, 5) is 5.06. The van der Waals surface area contributed by atoms with E-state index >= 15 is 0 Å². The second-order valence-corrected chi connectivity index (χ2v) is 16.4. The van der Waals surface area contributed by atoms with E-state index in [9.17, 15) is 0 Å². The van der Waals surface area contributed by atoms with Crippen molar-refractivity contribution >= 4 is 82.1 Å². The van der Waals surface area contributed by atoms with E-state index in [1.165, 1.54) is 62.7 Å². The van der Waals surface area contributed by atoms with Crippen molar-refractivity contribution in [2.24, 2.45) is 0 Å². The van der Waals surface area contributed by atoms with Crippen LogP contribution >= 0.6 is 11.3 Å². The number of rotatable bonds is 5. The summed E-state index contributed by atoms with van der Waals surface area (Å²) in [6, 6.07) is 60.1. The summed E-state index contributed by atoms with van der Waals surface area (Å²) in [6.45, 7) is 0. The molecule has 9 aromatic rings. The summed E-state index contributed by atoms with van der Waals surface area (Å²) in [5.74, 6) is 0.942. The number of hydrogen-bond donors (Lipinski definition) is 0. The summed E-state index contributed by atoms with van der Waals surface area (Å²) in [7, 11) is -2.85. The Morgan fingerprint density at radius 1 is 0.467 bits per heavy atom. The zero-order valence-corrected chi connectivity index (χ0v) is 26.3. The first kappa shape index (κ1) is 26.1. The van der Waals surface area contributed by atoms with Crippen LogP contribution in [0.1, 0.15) is 0 Å². The number of nitrogens with zero attached hydrogens (tertiary/aromatic N) is 2. The van der Waals surface area contributed by atoms with Crippen LogP contribution in [0.15, 0.2) is 170 Å². The number of hydrogen-bond acceptors (Lipinski definition) is 2. The van der Waals surface area contributed by atoms with Crippen LogP contribution in [0.3, 0.4) is 0 Å². The van der Waals surface area contributed by atoms with Gasteiger partial charge >= 0.3 is 0 Å². The third-order valence-electron chi connectivity index (χ3n) is 9.21. The maximum atomic E-state index is 5.06. The summed E-state index contributed by atoms with van der Waals surface area (Å²) < 4.78 is 5.03. The van der Waals surface area contributed by atoms with Gasteiger partial charge in [0.1, 0.15) is 5.82 Å². The fourth-order valence-corrected chi connectivity index (χ4v) is 13.9. The van der Waals surface area contributed by atoms with Crippen molar-refractivity contribution in [2.45, 2.75) is 0 Å². The first-order valence-electron chi connectivity index (χ1n) is 15.3. The smallest absolute Gasteiger partial charge is 0.181 e. The van der Waals surface area contributed by atoms with E-state index in [-0.39, 0.29) is 0 Å². The van der Waals surface area contributed by atoms with E-state index in [2.05, 4.69) is 168 Å². The fraction of sp³-hybridized carbons (Fsp3) is 0. The zero-order valence-electron chi connectivity index (χ0n) is 24.5. The largest absolute Gasteiger partial charge is 0.294 e. The lowest BCUT2D eigenvalue weighted by molar-refractivity contribution is 1.08. The molecule has 0 atom stereocenters. The maximum absolute atomic E-state index is 5.06. The van der Waals surface area contributed by atoms with Crippen LogP contribution in [0.2, 0.25) is 0 Å². The van der Waals surface area contributed by atoms with E-state index < -0.39 is 8.07 Å². The first-order chi connectivity index (χ1) is 22.3. The molecule has 0 bridgehead atoms. The highest BCUT2D eigenvalue weighted by Gasteiger charge is 2.43. The van der Waals surface area contributed by atoms with Crippen LogP contribution in [0, 0.1) is 0 Å². The molecular formula is C41H28N2SSi. The van der Waals surface area contributed by atoms with Crippen molar-refractivity contribution in [3.63, 3.8) is 0 Å². The molecule has 6 aromatic carbocycles. The Hall–Kier alpha value is -5.29. The molecule has 212 valence electrons. The first-order valence-corrected chi connectivity index (χ1v) is 18.1. The van der Waals surface area contributed by atoms with Gasteiger partial charge in [0.05, 0.1) is 11.0 Å². The Balaban J connectivity index is 1.42. The average Bonchev–Trinajstić information content (AvgIpc) is 3.66. The lowest BCUT2D eigenvalue weighted by Gasteiger charge is -2.35. The molecule has 4 heteroatoms. The summed E-state index contributed by atoms with van der Waals surface area (Å²) in [5, 5.41) is 10.6. The topological polar surface area (TPSA) is 17.8 Å². The molecule has 0 unspecified atom stereocenters. The molecule has 0 spiro atoms. The monoisotopic (exact) mass is 608 g/mol. The molecule has 0 radical (unpaired) electrons. The second-order valence-electron chi connectivity index (χ2n) is 11.5. The van der Waals surface area contributed by atoms with Gasteiger partial charge in [-0.2, -0.15) is 0 Å². The molecule has 3 heterocycles. The quantitative estimate of drug-likeness (QED) is 0.143. The molecule has 0 aliphatic rings. The normalized spacial score (nSPS) is 12.0. The number of thiophene rings is 1. The van der Waals surface area contributed by atoms with Crippen molar-refractivity contribution in [1.82, 2.24) is 9.55 Å². The summed E-state index contributed by atoms with van der Waals surface area (Å²) >= 11 is 1.92. The van der Waals surface area contributed by atoms with Gasteiger partial charge < -0.3 is 0 Å². The second kappa shape index (κ2) is 10.4. The van der Waals surface area contributed by atoms with Crippen molar-refractivity contribution in [3.8, 4) is 5.82 Å². The van der Waals surface area contributed by atoms with Gasteiger partial charge in [0.25, 0.3) is 0 Å². The van der Waals surface area contributed by atoms with Gasteiger partial charge in [-0.05, 0) is 51.1 Å². The minimum Gasteiger partial charge on any atom is -0.294 e. The Labute approximate surface area is 266 Å². The summed E-state index contributed by atoms with van der Waals surface area (Å²) in [5.41, 5.74) is 2.34. The fourth-order valence-electron chi connectivity index (χ4n) is 7.33. The Morgan fingerprint density at radius 3 is 1.69 bits per heavy atom. The molecular weight excluding hydrogens is 581 g/mol. The predicted octanol–water partition coefficient (Wildman–Crippen LogP) is 7.92. The van der Waals surface area contributed by atoms with Crippen LogP contribution in [0.25, 0.3) is 47.8 Å². The lowest BCUT2D eigenvalue weighted by atomic mass is 10.1. The van der Waals surface area contributed by atoms with Crippen LogP contribution in [0.4, 0.5) is 0 Å². The molecule has 0 aliphatic heterocycles. The van der Waals surface area contributed by atoms with Gasteiger partial charge in [-0.25, -0.2) is 4.98 Å². The van der Waals surface area contributed by atoms with E-state index in [4.69, 9.17) is 4.98 Å². The molecule has 0 amide bonds. The van der Waals surface area contributed by atoms with Crippen LogP contribution in [-0.4, -0.2) is 17.6 Å².